The number of para-hydroxylation sites is 1. The van der Waals surface area contributed by atoms with E-state index in [1.807, 2.05) is 97.9 Å². The van der Waals surface area contributed by atoms with Gasteiger partial charge in [0.2, 0.25) is 11.8 Å². The molecule has 3 heterocycles. The highest BCUT2D eigenvalue weighted by Gasteiger charge is 2.22. The van der Waals surface area contributed by atoms with Gasteiger partial charge < -0.3 is 15.8 Å². The average molecular weight is 542 g/mol. The lowest BCUT2D eigenvalue weighted by Gasteiger charge is -2.22. The fourth-order valence-corrected chi connectivity index (χ4v) is 4.90. The molecule has 0 spiro atoms. The highest BCUT2D eigenvalue weighted by Crippen LogP contribution is 2.31. The number of hydrogen-bond acceptors (Lipinski definition) is 8. The van der Waals surface area contributed by atoms with E-state index in [0.717, 1.165) is 22.3 Å². The molecule has 0 saturated heterocycles. The second-order valence-electron chi connectivity index (χ2n) is 9.46. The van der Waals surface area contributed by atoms with Crippen LogP contribution in [0.1, 0.15) is 18.8 Å². The van der Waals surface area contributed by atoms with E-state index in [-0.39, 0.29) is 11.5 Å². The molecule has 0 amide bonds. The number of nitrogens with zero attached hydrogens (tertiary/aromatic N) is 5. The quantitative estimate of drug-likeness (QED) is 0.265. The van der Waals surface area contributed by atoms with Crippen LogP contribution in [-0.4, -0.2) is 31.6 Å². The predicted molar refractivity (Wildman–Crippen MR) is 161 cm³/mol. The fourth-order valence-electron chi connectivity index (χ4n) is 4.90. The number of benzene rings is 3. The third-order valence-electron chi connectivity index (χ3n) is 6.83. The second kappa shape index (κ2) is 10.9. The van der Waals surface area contributed by atoms with Crippen LogP contribution >= 0.6 is 0 Å². The smallest absolute Gasteiger partial charge is 0.266 e. The third-order valence-corrected chi connectivity index (χ3v) is 6.83. The maximum Gasteiger partial charge on any atom is 0.266 e. The van der Waals surface area contributed by atoms with E-state index in [1.54, 1.807) is 24.1 Å². The van der Waals surface area contributed by atoms with Gasteiger partial charge in [0, 0.05) is 24.0 Å². The molecule has 0 aliphatic carbocycles. The van der Waals surface area contributed by atoms with Gasteiger partial charge >= 0.3 is 0 Å². The van der Waals surface area contributed by atoms with Crippen molar-refractivity contribution < 1.29 is 4.74 Å². The largest absolute Gasteiger partial charge is 0.481 e. The highest BCUT2D eigenvalue weighted by atomic mass is 16.5. The van der Waals surface area contributed by atoms with E-state index >= 15 is 0 Å². The molecule has 0 aliphatic heterocycles. The van der Waals surface area contributed by atoms with Gasteiger partial charge in [-0.15, -0.1) is 0 Å². The average Bonchev–Trinajstić information content (AvgIpc) is 3.01. The summed E-state index contributed by atoms with van der Waals surface area (Å²) in [5.74, 6) is 1.67. The van der Waals surface area contributed by atoms with Gasteiger partial charge in [-0.2, -0.15) is 4.98 Å². The molecule has 6 aromatic rings. The zero-order chi connectivity index (χ0) is 28.3. The Morgan fingerprint density at radius 3 is 2.37 bits per heavy atom. The standard InChI is InChI=1S/C32H27N7O2/c1-20(36-29-25(19-35-32(33)38-29)21-10-5-3-6-11-21)30-37-26-15-9-14-24(22-16-17-34-27(18-22)41-2)28(26)31(40)39(30)23-12-7-4-8-13-23/h3-20H,1-2H3,(H3,33,35,36,38). The van der Waals surface area contributed by atoms with Crippen molar-refractivity contribution in [3.63, 3.8) is 0 Å². The van der Waals surface area contributed by atoms with Crippen LogP contribution in [-0.2, 0) is 0 Å². The minimum absolute atomic E-state index is 0.142. The Morgan fingerprint density at radius 1 is 0.854 bits per heavy atom. The van der Waals surface area contributed by atoms with E-state index in [9.17, 15) is 4.79 Å². The molecule has 0 radical (unpaired) electrons. The topological polar surface area (TPSA) is 121 Å². The molecule has 0 aliphatic rings. The van der Waals surface area contributed by atoms with E-state index in [4.69, 9.17) is 15.5 Å². The molecule has 0 bridgehead atoms. The summed E-state index contributed by atoms with van der Waals surface area (Å²) in [6.45, 7) is 1.94. The first-order valence-corrected chi connectivity index (χ1v) is 13.1. The van der Waals surface area contributed by atoms with Gasteiger partial charge in [-0.3, -0.25) is 9.36 Å². The molecule has 6 rings (SSSR count). The number of hydrogen-bond donors (Lipinski definition) is 2. The van der Waals surface area contributed by atoms with Gasteiger partial charge in [0.1, 0.15) is 11.6 Å². The molecule has 1 atom stereocenters. The Morgan fingerprint density at radius 2 is 1.61 bits per heavy atom. The molecule has 1 unspecified atom stereocenters. The molecule has 0 fully saturated rings. The van der Waals surface area contributed by atoms with Gasteiger partial charge in [-0.05, 0) is 47.9 Å². The summed E-state index contributed by atoms with van der Waals surface area (Å²) in [6.07, 6.45) is 3.36. The van der Waals surface area contributed by atoms with E-state index in [0.29, 0.717) is 34.1 Å². The predicted octanol–water partition coefficient (Wildman–Crippen LogP) is 5.67. The van der Waals surface area contributed by atoms with Crippen molar-refractivity contribution >= 4 is 22.7 Å². The number of pyridine rings is 1. The SMILES string of the molecule is COc1cc(-c2cccc3nc(C(C)Nc4nc(N)ncc4-c4ccccc4)n(-c4ccccc4)c(=O)c23)ccn1. The maximum absolute atomic E-state index is 14.4. The number of rotatable bonds is 7. The summed E-state index contributed by atoms with van der Waals surface area (Å²) in [5, 5.41) is 3.95. The van der Waals surface area contributed by atoms with Crippen molar-refractivity contribution in [3.05, 3.63) is 120 Å². The zero-order valence-electron chi connectivity index (χ0n) is 22.5. The molecule has 41 heavy (non-hydrogen) atoms. The van der Waals surface area contributed by atoms with Gasteiger partial charge in [0.25, 0.3) is 5.56 Å². The third kappa shape index (κ3) is 4.96. The zero-order valence-corrected chi connectivity index (χ0v) is 22.5. The summed E-state index contributed by atoms with van der Waals surface area (Å²) in [5.41, 5.74) is 10.3. The Hall–Kier alpha value is -5.57. The van der Waals surface area contributed by atoms with Crippen LogP contribution in [0.3, 0.4) is 0 Å². The number of ether oxygens (including phenoxy) is 1. The van der Waals surface area contributed by atoms with E-state index in [1.165, 1.54) is 0 Å². The summed E-state index contributed by atoms with van der Waals surface area (Å²) in [7, 11) is 1.56. The van der Waals surface area contributed by atoms with Crippen molar-refractivity contribution in [3.8, 4) is 33.8 Å². The molecule has 9 heteroatoms. The van der Waals surface area contributed by atoms with Gasteiger partial charge in [-0.25, -0.2) is 15.0 Å². The van der Waals surface area contributed by atoms with Crippen LogP contribution in [0, 0.1) is 0 Å². The van der Waals surface area contributed by atoms with Crippen LogP contribution in [0.25, 0.3) is 38.8 Å². The highest BCUT2D eigenvalue weighted by molar-refractivity contribution is 5.94. The lowest BCUT2D eigenvalue weighted by molar-refractivity contribution is 0.398. The number of nitrogens with two attached hydrogens (primary N) is 1. The molecule has 3 N–H and O–H groups in total. The van der Waals surface area contributed by atoms with Crippen LogP contribution in [0.4, 0.5) is 11.8 Å². The number of aromatic nitrogens is 5. The van der Waals surface area contributed by atoms with Crippen LogP contribution < -0.4 is 21.3 Å². The Bertz CT molecular complexity index is 1910. The van der Waals surface area contributed by atoms with Gasteiger partial charge in [-0.1, -0.05) is 60.7 Å². The Labute approximate surface area is 236 Å². The maximum atomic E-state index is 14.4. The van der Waals surface area contributed by atoms with Gasteiger partial charge in [0.05, 0.1) is 29.7 Å². The van der Waals surface area contributed by atoms with Gasteiger partial charge in [0.15, 0.2) is 0 Å². The summed E-state index contributed by atoms with van der Waals surface area (Å²) < 4.78 is 6.98. The first-order valence-electron chi connectivity index (χ1n) is 13.1. The molecular formula is C32H27N7O2. The lowest BCUT2D eigenvalue weighted by atomic mass is 10.0. The summed E-state index contributed by atoms with van der Waals surface area (Å²) >= 11 is 0. The van der Waals surface area contributed by atoms with Crippen LogP contribution in [0.15, 0.2) is 108 Å². The number of nitrogen functional groups attached to an aromatic ring is 1. The van der Waals surface area contributed by atoms with Crippen molar-refractivity contribution in [1.82, 2.24) is 24.5 Å². The number of methoxy groups -OCH3 is 1. The minimum atomic E-state index is -0.436. The van der Waals surface area contributed by atoms with Crippen molar-refractivity contribution in [1.29, 1.82) is 0 Å². The fraction of sp³-hybridized carbons (Fsp3) is 0.0938. The number of fused-ring (bicyclic) bond motifs is 1. The van der Waals surface area contributed by atoms with Crippen molar-refractivity contribution in [2.45, 2.75) is 13.0 Å². The van der Waals surface area contributed by atoms with Crippen LogP contribution in [0.2, 0.25) is 0 Å². The second-order valence-corrected chi connectivity index (χ2v) is 9.46. The monoisotopic (exact) mass is 541 g/mol. The Balaban J connectivity index is 1.54. The molecule has 3 aromatic heterocycles. The molecule has 0 saturated carbocycles. The molecule has 202 valence electrons. The number of anilines is 2. The normalized spacial score (nSPS) is 11.8. The lowest BCUT2D eigenvalue weighted by Crippen LogP contribution is -2.28. The van der Waals surface area contributed by atoms with E-state index < -0.39 is 6.04 Å². The van der Waals surface area contributed by atoms with Crippen molar-refractivity contribution in [2.75, 3.05) is 18.2 Å². The van der Waals surface area contributed by atoms with Crippen molar-refractivity contribution in [2.24, 2.45) is 0 Å². The molecule has 9 nitrogen and oxygen atoms in total. The first-order chi connectivity index (χ1) is 20.0. The minimum Gasteiger partial charge on any atom is -0.481 e. The molecule has 3 aromatic carbocycles. The van der Waals surface area contributed by atoms with Crippen LogP contribution in [0.5, 0.6) is 5.88 Å². The number of nitrogens with one attached hydrogen (secondary N) is 1. The first kappa shape index (κ1) is 25.7. The van der Waals surface area contributed by atoms with E-state index in [2.05, 4.69) is 20.3 Å². The summed E-state index contributed by atoms with van der Waals surface area (Å²) in [6, 6.07) is 28.2. The Kier molecular flexibility index (Phi) is 6.83. The summed E-state index contributed by atoms with van der Waals surface area (Å²) in [4.78, 5) is 32.4. The molecular weight excluding hydrogens is 514 g/mol.